The first kappa shape index (κ1) is 24.3. The SMILES string of the molecule is C[N+]1(C(C(N)=O)c2cccnn2)CCC(OC(=O)C(O)(c2ccccc2)C2CCCCC2)CC1. The van der Waals surface area contributed by atoms with Crippen molar-refractivity contribution in [1.82, 2.24) is 10.2 Å². The minimum absolute atomic E-state index is 0.156. The fourth-order valence-corrected chi connectivity index (χ4v) is 5.72. The number of rotatable bonds is 7. The van der Waals surface area contributed by atoms with Crippen molar-refractivity contribution in [3.63, 3.8) is 0 Å². The van der Waals surface area contributed by atoms with Gasteiger partial charge in [0.2, 0.25) is 6.04 Å². The zero-order valence-corrected chi connectivity index (χ0v) is 19.8. The molecular formula is C26H35N4O4+. The third kappa shape index (κ3) is 4.83. The first-order chi connectivity index (χ1) is 16.3. The largest absolute Gasteiger partial charge is 0.460 e. The lowest BCUT2D eigenvalue weighted by molar-refractivity contribution is -0.935. The first-order valence-electron chi connectivity index (χ1n) is 12.2. The molecule has 4 rings (SSSR count). The van der Waals surface area contributed by atoms with Crippen LogP contribution in [0.4, 0.5) is 0 Å². The molecular weight excluding hydrogens is 432 g/mol. The van der Waals surface area contributed by atoms with Gasteiger partial charge in [0.15, 0.2) is 5.60 Å². The summed E-state index contributed by atoms with van der Waals surface area (Å²) in [6.45, 7) is 1.19. The second-order valence-electron chi connectivity index (χ2n) is 9.95. The highest BCUT2D eigenvalue weighted by atomic mass is 16.6. The lowest BCUT2D eigenvalue weighted by atomic mass is 9.73. The predicted molar refractivity (Wildman–Crippen MR) is 126 cm³/mol. The number of likely N-dealkylation sites (tertiary alicyclic amines) is 1. The summed E-state index contributed by atoms with van der Waals surface area (Å²) in [5.41, 5.74) is 5.26. The number of piperidine rings is 1. The Bertz CT molecular complexity index is 973. The van der Waals surface area contributed by atoms with Gasteiger partial charge in [0.05, 0.1) is 20.1 Å². The summed E-state index contributed by atoms with van der Waals surface area (Å²) in [7, 11) is 1.98. The number of aliphatic hydroxyl groups is 1. The first-order valence-corrected chi connectivity index (χ1v) is 12.2. The van der Waals surface area contributed by atoms with Crippen molar-refractivity contribution < 1.29 is 23.9 Å². The number of aromatic nitrogens is 2. The second kappa shape index (κ2) is 10.2. The Hall–Kier alpha value is -2.84. The summed E-state index contributed by atoms with van der Waals surface area (Å²) in [6.07, 6.45) is 7.12. The van der Waals surface area contributed by atoms with E-state index < -0.39 is 23.5 Å². The number of amides is 1. The summed E-state index contributed by atoms with van der Waals surface area (Å²) >= 11 is 0. The molecule has 1 aliphatic carbocycles. The molecule has 0 spiro atoms. The lowest BCUT2D eigenvalue weighted by Gasteiger charge is -2.44. The van der Waals surface area contributed by atoms with Crippen LogP contribution in [0.5, 0.6) is 0 Å². The number of hydrogen-bond acceptors (Lipinski definition) is 6. The molecule has 2 fully saturated rings. The molecule has 1 aliphatic heterocycles. The highest BCUT2D eigenvalue weighted by Crippen LogP contribution is 2.41. The number of esters is 1. The van der Waals surface area contributed by atoms with Gasteiger partial charge in [0.25, 0.3) is 5.91 Å². The Morgan fingerprint density at radius 2 is 1.74 bits per heavy atom. The molecule has 1 aromatic carbocycles. The Balaban J connectivity index is 1.48. The normalized spacial score (nSPS) is 26.2. The van der Waals surface area contributed by atoms with Crippen LogP contribution in [0.15, 0.2) is 48.7 Å². The number of carbonyl (C=O) groups is 2. The van der Waals surface area contributed by atoms with Crippen LogP contribution in [-0.4, -0.2) is 57.9 Å². The summed E-state index contributed by atoms with van der Waals surface area (Å²) in [5, 5.41) is 19.8. The van der Waals surface area contributed by atoms with Gasteiger partial charge in [-0.05, 0) is 30.5 Å². The van der Waals surface area contributed by atoms with E-state index in [2.05, 4.69) is 10.2 Å². The zero-order chi connectivity index (χ0) is 24.2. The Kier molecular flexibility index (Phi) is 7.28. The fraction of sp³-hybridized carbons (Fsp3) is 0.538. The zero-order valence-electron chi connectivity index (χ0n) is 19.8. The molecule has 3 N–H and O–H groups in total. The van der Waals surface area contributed by atoms with Crippen LogP contribution in [0.1, 0.15) is 62.2 Å². The molecule has 34 heavy (non-hydrogen) atoms. The summed E-state index contributed by atoms with van der Waals surface area (Å²) in [4.78, 5) is 25.8. The van der Waals surface area contributed by atoms with E-state index in [0.717, 1.165) is 32.1 Å². The molecule has 1 amide bonds. The summed E-state index contributed by atoms with van der Waals surface area (Å²) in [5.74, 6) is -1.17. The number of likely N-dealkylation sites (N-methyl/N-ethyl adjacent to an activating group) is 1. The third-order valence-corrected chi connectivity index (χ3v) is 7.68. The van der Waals surface area contributed by atoms with Crippen molar-refractivity contribution in [1.29, 1.82) is 0 Å². The number of nitrogens with zero attached hydrogens (tertiary/aromatic N) is 3. The van der Waals surface area contributed by atoms with Gasteiger partial charge in [-0.3, -0.25) is 4.79 Å². The number of carbonyl (C=O) groups excluding carboxylic acids is 2. The van der Waals surface area contributed by atoms with E-state index in [9.17, 15) is 14.7 Å². The third-order valence-electron chi connectivity index (χ3n) is 7.68. The van der Waals surface area contributed by atoms with Crippen LogP contribution >= 0.6 is 0 Å². The van der Waals surface area contributed by atoms with Gasteiger partial charge in [-0.2, -0.15) is 5.10 Å². The van der Waals surface area contributed by atoms with Gasteiger partial charge < -0.3 is 20.1 Å². The van der Waals surface area contributed by atoms with E-state index in [-0.39, 0.29) is 12.0 Å². The highest BCUT2D eigenvalue weighted by molar-refractivity contribution is 5.82. The van der Waals surface area contributed by atoms with Crippen molar-refractivity contribution >= 4 is 11.9 Å². The molecule has 2 unspecified atom stereocenters. The average Bonchev–Trinajstić information content (AvgIpc) is 2.86. The quantitative estimate of drug-likeness (QED) is 0.478. The molecule has 2 aliphatic rings. The Morgan fingerprint density at radius 1 is 1.06 bits per heavy atom. The molecule has 1 saturated carbocycles. The topological polar surface area (TPSA) is 115 Å². The Morgan fingerprint density at radius 3 is 2.32 bits per heavy atom. The maximum absolute atomic E-state index is 13.5. The van der Waals surface area contributed by atoms with Crippen LogP contribution in [0.25, 0.3) is 0 Å². The fourth-order valence-electron chi connectivity index (χ4n) is 5.72. The van der Waals surface area contributed by atoms with Gasteiger partial charge in [-0.1, -0.05) is 49.6 Å². The highest BCUT2D eigenvalue weighted by Gasteiger charge is 2.49. The van der Waals surface area contributed by atoms with Crippen LogP contribution in [0, 0.1) is 5.92 Å². The maximum Gasteiger partial charge on any atom is 0.343 e. The molecule has 1 saturated heterocycles. The number of benzene rings is 1. The van der Waals surface area contributed by atoms with E-state index in [1.54, 1.807) is 18.3 Å². The minimum Gasteiger partial charge on any atom is -0.460 e. The molecule has 2 atom stereocenters. The lowest BCUT2D eigenvalue weighted by Crippen LogP contribution is -2.57. The predicted octanol–water partition coefficient (Wildman–Crippen LogP) is 2.62. The molecule has 1 aromatic heterocycles. The smallest absolute Gasteiger partial charge is 0.343 e. The van der Waals surface area contributed by atoms with Crippen LogP contribution in [-0.2, 0) is 19.9 Å². The van der Waals surface area contributed by atoms with E-state index in [1.807, 2.05) is 37.4 Å². The van der Waals surface area contributed by atoms with Crippen LogP contribution in [0.2, 0.25) is 0 Å². The molecule has 0 radical (unpaired) electrons. The van der Waals surface area contributed by atoms with Crippen molar-refractivity contribution in [2.75, 3.05) is 20.1 Å². The van der Waals surface area contributed by atoms with Gasteiger partial charge in [0, 0.05) is 25.0 Å². The molecule has 182 valence electrons. The molecule has 2 heterocycles. The number of nitrogens with two attached hydrogens (primary N) is 1. The number of quaternary nitrogens is 1. The average molecular weight is 468 g/mol. The summed E-state index contributed by atoms with van der Waals surface area (Å²) < 4.78 is 6.34. The van der Waals surface area contributed by atoms with Gasteiger partial charge in [-0.15, -0.1) is 5.10 Å². The van der Waals surface area contributed by atoms with Gasteiger partial charge in [-0.25, -0.2) is 4.79 Å². The van der Waals surface area contributed by atoms with E-state index >= 15 is 0 Å². The van der Waals surface area contributed by atoms with Crippen LogP contribution in [0.3, 0.4) is 0 Å². The van der Waals surface area contributed by atoms with E-state index in [1.165, 1.54) is 0 Å². The van der Waals surface area contributed by atoms with Crippen molar-refractivity contribution in [2.45, 2.75) is 62.7 Å². The van der Waals surface area contributed by atoms with Crippen molar-refractivity contribution in [2.24, 2.45) is 11.7 Å². The maximum atomic E-state index is 13.5. The molecule has 0 bridgehead atoms. The molecule has 2 aromatic rings. The van der Waals surface area contributed by atoms with Gasteiger partial charge >= 0.3 is 5.97 Å². The standard InChI is InChI=1S/C26H34N4O4/c1-30(23(24(27)31)22-13-8-16-28-29-22)17-14-21(15-18-30)34-25(32)26(33,19-9-4-2-5-10-19)20-11-6-3-7-12-20/h2,4-5,8-10,13,16,20-21,23,33H,3,6-7,11-12,14-15,17-18H2,1H3,(H-,27,31)/p+1. The van der Waals surface area contributed by atoms with E-state index in [4.69, 9.17) is 10.5 Å². The number of primary amides is 1. The van der Waals surface area contributed by atoms with Crippen LogP contribution < -0.4 is 5.73 Å². The second-order valence-corrected chi connectivity index (χ2v) is 9.95. The minimum atomic E-state index is -1.65. The van der Waals surface area contributed by atoms with Gasteiger partial charge in [0.1, 0.15) is 11.8 Å². The summed E-state index contributed by atoms with van der Waals surface area (Å²) in [6, 6.07) is 12.1. The number of hydrogen-bond donors (Lipinski definition) is 2. The monoisotopic (exact) mass is 467 g/mol. The Labute approximate surface area is 200 Å². The van der Waals surface area contributed by atoms with E-state index in [0.29, 0.717) is 41.7 Å². The van der Waals surface area contributed by atoms with Crippen molar-refractivity contribution in [3.8, 4) is 0 Å². The van der Waals surface area contributed by atoms with Crippen molar-refractivity contribution in [3.05, 3.63) is 59.9 Å². The number of ether oxygens (including phenoxy) is 1. The molecule has 8 heteroatoms. The molecule has 8 nitrogen and oxygen atoms in total.